The molecule has 0 amide bonds. The van der Waals surface area contributed by atoms with Crippen molar-refractivity contribution in [2.45, 2.75) is 0 Å². The number of hydrogen-bond acceptors (Lipinski definition) is 1. The van der Waals surface area contributed by atoms with Crippen LogP contribution in [-0.4, -0.2) is 165 Å². The molecular formula is C46H7B21O. The Hall–Kier alpha value is -4.82. The summed E-state index contributed by atoms with van der Waals surface area (Å²) < 4.78 is 6.38. The van der Waals surface area contributed by atoms with E-state index in [1.807, 2.05) is 42.5 Å². The van der Waals surface area contributed by atoms with Gasteiger partial charge in [0.2, 0.25) is 0 Å². The van der Waals surface area contributed by atoms with Gasteiger partial charge in [-0.1, -0.05) is 107 Å². The van der Waals surface area contributed by atoms with E-state index in [9.17, 15) is 0 Å². The summed E-state index contributed by atoms with van der Waals surface area (Å²) in [5.74, 6) is 0. The van der Waals surface area contributed by atoms with Gasteiger partial charge in [0.25, 0.3) is 0 Å². The Morgan fingerprint density at radius 2 is 0.544 bits per heavy atom. The van der Waals surface area contributed by atoms with E-state index < -0.39 is 0 Å². The van der Waals surface area contributed by atoms with Crippen LogP contribution in [0.5, 0.6) is 0 Å². The number of rotatable bonds is 3. The largest absolute Gasteiger partial charge is 0.457 e. The smallest absolute Gasteiger partial charge is 0.128 e. The lowest BCUT2D eigenvalue weighted by Gasteiger charge is -2.32. The Labute approximate surface area is 422 Å². The molecule has 1 heterocycles. The standard InChI is InChI=1S/C46H7B21O/c47-24-18-20(35(58)44(67)43(66)34(18)57)37(60)45-22(24)23-36(59)33(56)21(38(61)46(23)68-45)19-31(54)29(52)17(30(53)32(19)55)12-15-13(25(48)39(62)41(64)27(15)50)11(10-6-5-8-3-1-2-4-9(8)7-10)14-16(12)28(51)42(65)40(63)26(14)49/h1-7H. The average molecular weight is 803 g/mol. The van der Waals surface area contributed by atoms with Crippen molar-refractivity contribution >= 4 is 345 Å². The maximum atomic E-state index is 7.16. The molecule has 0 bridgehead atoms. The minimum atomic E-state index is -0.166. The highest BCUT2D eigenvalue weighted by molar-refractivity contribution is 6.75. The molecular weight excluding hydrogens is 796 g/mol. The summed E-state index contributed by atoms with van der Waals surface area (Å²) in [6.07, 6.45) is 0. The van der Waals surface area contributed by atoms with Crippen LogP contribution >= 0.6 is 0 Å². The minimum Gasteiger partial charge on any atom is -0.457 e. The van der Waals surface area contributed by atoms with Crippen LogP contribution in [0.25, 0.3) is 98.4 Å². The topological polar surface area (TPSA) is 13.1 Å². The highest BCUT2D eigenvalue weighted by Crippen LogP contribution is 2.40. The van der Waals surface area contributed by atoms with E-state index in [1.165, 1.54) is 0 Å². The van der Waals surface area contributed by atoms with Crippen LogP contribution in [0.3, 0.4) is 0 Å². The van der Waals surface area contributed by atoms with Gasteiger partial charge in [-0.05, 0) is 93.5 Å². The third kappa shape index (κ3) is 6.06. The molecule has 1 nitrogen and oxygen atoms in total. The van der Waals surface area contributed by atoms with E-state index in [0.717, 1.165) is 10.8 Å². The maximum absolute atomic E-state index is 7.16. The summed E-state index contributed by atoms with van der Waals surface area (Å²) in [5.41, 5.74) is 0.471. The first kappa shape index (κ1) is 46.9. The second-order valence-corrected chi connectivity index (χ2v) is 16.9. The highest BCUT2D eigenvalue weighted by atomic mass is 16.3. The van der Waals surface area contributed by atoms with Gasteiger partial charge in [-0.2, -0.15) is 0 Å². The lowest BCUT2D eigenvalue weighted by atomic mass is 9.56. The Balaban J connectivity index is 1.35. The molecule has 0 atom stereocenters. The van der Waals surface area contributed by atoms with Gasteiger partial charge in [0, 0.05) is 10.8 Å². The zero-order chi connectivity index (χ0) is 49.2. The Morgan fingerprint density at radius 1 is 0.221 bits per heavy atom. The van der Waals surface area contributed by atoms with Crippen molar-refractivity contribution in [3.8, 4) is 33.4 Å². The van der Waals surface area contributed by atoms with Crippen LogP contribution in [-0.2, 0) is 0 Å². The van der Waals surface area contributed by atoms with Crippen molar-refractivity contribution in [1.29, 1.82) is 0 Å². The molecule has 0 saturated heterocycles. The van der Waals surface area contributed by atoms with Crippen molar-refractivity contribution in [2.75, 3.05) is 0 Å². The summed E-state index contributed by atoms with van der Waals surface area (Å²) in [4.78, 5) is 0. The minimum absolute atomic E-state index is 0.00561. The Bertz CT molecular complexity index is 3930. The van der Waals surface area contributed by atoms with E-state index in [0.29, 0.717) is 21.9 Å². The zero-order valence-electron chi connectivity index (χ0n) is 36.1. The van der Waals surface area contributed by atoms with Gasteiger partial charge in [0.05, 0.1) is 0 Å². The molecule has 9 aromatic carbocycles. The second kappa shape index (κ2) is 16.1. The van der Waals surface area contributed by atoms with Gasteiger partial charge >= 0.3 is 0 Å². The van der Waals surface area contributed by atoms with E-state index in [1.54, 1.807) is 0 Å². The number of hydrogen-bond donors (Lipinski definition) is 0. The van der Waals surface area contributed by atoms with Crippen molar-refractivity contribution in [3.05, 3.63) is 42.5 Å². The predicted molar refractivity (Wildman–Crippen MR) is 313 cm³/mol. The van der Waals surface area contributed by atoms with Crippen LogP contribution < -0.4 is 115 Å². The molecule has 22 heteroatoms. The molecule has 1 aromatic heterocycles. The van der Waals surface area contributed by atoms with Gasteiger partial charge in [-0.3, -0.25) is 0 Å². The summed E-state index contributed by atoms with van der Waals surface area (Å²) in [7, 11) is 142. The molecule has 260 valence electrons. The van der Waals surface area contributed by atoms with Crippen molar-refractivity contribution in [2.24, 2.45) is 0 Å². The fourth-order valence-electron chi connectivity index (χ4n) is 9.95. The fourth-order valence-corrected chi connectivity index (χ4v) is 9.95. The lowest BCUT2D eigenvalue weighted by Crippen LogP contribution is -2.51. The third-order valence-corrected chi connectivity index (χ3v) is 13.5. The van der Waals surface area contributed by atoms with Crippen LogP contribution in [0, 0.1) is 0 Å². The number of benzene rings is 9. The Kier molecular flexibility index (Phi) is 11.1. The summed E-state index contributed by atoms with van der Waals surface area (Å²) in [5, 5.41) is 3.70. The van der Waals surface area contributed by atoms with Gasteiger partial charge in [0.15, 0.2) is 0 Å². The quantitative estimate of drug-likeness (QED) is 0.128. The van der Waals surface area contributed by atoms with E-state index in [4.69, 9.17) is 169 Å². The molecule has 42 radical (unpaired) electrons. The molecule has 0 saturated carbocycles. The first-order chi connectivity index (χ1) is 32.1. The van der Waals surface area contributed by atoms with E-state index in [2.05, 4.69) is 0 Å². The molecule has 10 rings (SSSR count). The Morgan fingerprint density at radius 3 is 1.01 bits per heavy atom. The predicted octanol–water partition coefficient (Wildman–Crippen LogP) is -12.1. The van der Waals surface area contributed by atoms with Crippen molar-refractivity contribution < 1.29 is 4.42 Å². The lowest BCUT2D eigenvalue weighted by molar-refractivity contribution is 0.675. The SMILES string of the molecule is [B]c1c([B])c(-c2c3c([B])c([B])c([B])c([B])c3c(-c3ccc4ccccc4c3)c3c([B])c([B])c([B])c([B])c23)c([B])c([B])c1-c1c([B])c([B])c2c(oc3c([B])c4c([B])c([B])c([B])c([B])c4c([B])c32)c1[B]. The molecule has 0 unspecified atom stereocenters. The number of furan rings is 1. The van der Waals surface area contributed by atoms with Crippen LogP contribution in [0.4, 0.5) is 0 Å². The molecule has 10 aromatic rings. The normalized spacial score (nSPS) is 11.9. The molecule has 0 aliphatic heterocycles. The maximum Gasteiger partial charge on any atom is 0.128 e. The molecule has 0 aliphatic carbocycles. The van der Waals surface area contributed by atoms with Gasteiger partial charge in [-0.25, -0.2) is 0 Å². The fraction of sp³-hybridized carbons (Fsp3) is 0. The average Bonchev–Trinajstić information content (AvgIpc) is 3.74. The van der Waals surface area contributed by atoms with E-state index >= 15 is 0 Å². The van der Waals surface area contributed by atoms with Crippen molar-refractivity contribution in [3.63, 3.8) is 0 Å². The summed E-state index contributed by atoms with van der Waals surface area (Å²) >= 11 is 0. The molecule has 0 fully saturated rings. The second-order valence-electron chi connectivity index (χ2n) is 16.9. The van der Waals surface area contributed by atoms with Crippen LogP contribution in [0.2, 0.25) is 0 Å². The first-order valence-electron chi connectivity index (χ1n) is 20.5. The number of fused-ring (bicyclic) bond motifs is 7. The van der Waals surface area contributed by atoms with Crippen LogP contribution in [0.15, 0.2) is 46.9 Å². The van der Waals surface area contributed by atoms with Crippen molar-refractivity contribution in [1.82, 2.24) is 0 Å². The highest BCUT2D eigenvalue weighted by Gasteiger charge is 2.29. The summed E-state index contributed by atoms with van der Waals surface area (Å²) in [6.45, 7) is 0. The molecule has 68 heavy (non-hydrogen) atoms. The van der Waals surface area contributed by atoms with Gasteiger partial charge in [-0.15, -0.1) is 32.8 Å². The molecule has 0 aliphatic rings. The monoisotopic (exact) mass is 806 g/mol. The zero-order valence-corrected chi connectivity index (χ0v) is 36.1. The van der Waals surface area contributed by atoms with Gasteiger partial charge < -0.3 is 4.42 Å². The van der Waals surface area contributed by atoms with E-state index in [-0.39, 0.29) is 180 Å². The van der Waals surface area contributed by atoms with Crippen LogP contribution in [0.1, 0.15) is 0 Å². The molecule has 0 spiro atoms. The molecule has 0 N–H and O–H groups in total. The first-order valence-corrected chi connectivity index (χ1v) is 20.5. The summed E-state index contributed by atoms with van der Waals surface area (Å²) in [6, 6.07) is 13.5. The third-order valence-electron chi connectivity index (χ3n) is 13.5. The van der Waals surface area contributed by atoms with Gasteiger partial charge in [0.1, 0.15) is 176 Å².